The molecule has 1 unspecified atom stereocenters. The Kier molecular flexibility index (Phi) is 5.19. The van der Waals surface area contributed by atoms with Crippen molar-refractivity contribution in [2.45, 2.75) is 44.6 Å². The Balaban J connectivity index is 2.90. The predicted octanol–water partition coefficient (Wildman–Crippen LogP) is 1.36. The molecule has 1 atom stereocenters. The molecule has 21 heavy (non-hydrogen) atoms. The van der Waals surface area contributed by atoms with Gasteiger partial charge in [0.1, 0.15) is 10.7 Å². The quantitative estimate of drug-likeness (QED) is 0.698. The molecule has 1 aromatic heterocycles. The zero-order valence-corrected chi connectivity index (χ0v) is 13.3. The monoisotopic (exact) mass is 319 g/mol. The second-order valence-corrected chi connectivity index (χ2v) is 7.49. The number of sulfonamides is 1. The topological polar surface area (TPSA) is 117 Å². The molecule has 0 bridgehead atoms. The second kappa shape index (κ2) is 6.17. The summed E-state index contributed by atoms with van der Waals surface area (Å²) < 4.78 is 31.5. The standard InChI is InChI=1S/C13H21NO6S/c1-8(2)6-13(4,17)7-14-21(18,19)11-5-10(12(15)16)20-9(11)3/h5,8,14,17H,6-7H2,1-4H3,(H,15,16). The van der Waals surface area contributed by atoms with Gasteiger partial charge in [0.2, 0.25) is 15.8 Å². The summed E-state index contributed by atoms with van der Waals surface area (Å²) in [6.07, 6.45) is 0.431. The molecule has 7 nitrogen and oxygen atoms in total. The molecule has 0 saturated carbocycles. The van der Waals surface area contributed by atoms with Crippen LogP contribution in [0.2, 0.25) is 0 Å². The van der Waals surface area contributed by atoms with Gasteiger partial charge in [-0.25, -0.2) is 17.9 Å². The van der Waals surface area contributed by atoms with Crippen molar-refractivity contribution < 1.29 is 27.8 Å². The summed E-state index contributed by atoms with van der Waals surface area (Å²) in [6.45, 7) is 6.58. The number of aliphatic hydroxyl groups is 1. The van der Waals surface area contributed by atoms with Crippen molar-refractivity contribution in [3.63, 3.8) is 0 Å². The lowest BCUT2D eigenvalue weighted by Crippen LogP contribution is -2.41. The molecule has 0 fully saturated rings. The lowest BCUT2D eigenvalue weighted by atomic mass is 9.95. The predicted molar refractivity (Wildman–Crippen MR) is 75.7 cm³/mol. The number of hydrogen-bond acceptors (Lipinski definition) is 5. The van der Waals surface area contributed by atoms with Gasteiger partial charge >= 0.3 is 5.97 Å². The molecule has 8 heteroatoms. The zero-order chi connectivity index (χ0) is 16.4. The lowest BCUT2D eigenvalue weighted by molar-refractivity contribution is 0.0436. The van der Waals surface area contributed by atoms with Crippen LogP contribution in [0.3, 0.4) is 0 Å². The molecule has 120 valence electrons. The summed E-state index contributed by atoms with van der Waals surface area (Å²) in [7, 11) is -3.94. The van der Waals surface area contributed by atoms with Gasteiger partial charge in [-0.1, -0.05) is 13.8 Å². The molecule has 0 aliphatic rings. The second-order valence-electron chi connectivity index (χ2n) is 5.76. The van der Waals surface area contributed by atoms with Gasteiger partial charge in [-0.15, -0.1) is 0 Å². The number of furan rings is 1. The Morgan fingerprint density at radius 3 is 2.48 bits per heavy atom. The maximum absolute atomic E-state index is 12.1. The summed E-state index contributed by atoms with van der Waals surface area (Å²) in [5, 5.41) is 18.9. The summed E-state index contributed by atoms with van der Waals surface area (Å²) in [5.74, 6) is -1.59. The highest BCUT2D eigenvalue weighted by Gasteiger charge is 2.28. The Labute approximate surface area is 124 Å². The maximum atomic E-state index is 12.1. The van der Waals surface area contributed by atoms with E-state index < -0.39 is 27.4 Å². The molecule has 0 aliphatic carbocycles. The van der Waals surface area contributed by atoms with Crippen molar-refractivity contribution in [3.05, 3.63) is 17.6 Å². The minimum atomic E-state index is -3.94. The fourth-order valence-electron chi connectivity index (χ4n) is 2.12. The molecule has 0 amide bonds. The third-order valence-electron chi connectivity index (χ3n) is 2.86. The third kappa shape index (κ3) is 4.83. The number of rotatable bonds is 7. The highest BCUT2D eigenvalue weighted by atomic mass is 32.2. The van der Waals surface area contributed by atoms with Crippen LogP contribution >= 0.6 is 0 Å². The summed E-state index contributed by atoms with van der Waals surface area (Å²) in [4.78, 5) is 10.5. The molecule has 3 N–H and O–H groups in total. The summed E-state index contributed by atoms with van der Waals surface area (Å²) >= 11 is 0. The number of hydrogen-bond donors (Lipinski definition) is 3. The fraction of sp³-hybridized carbons (Fsp3) is 0.615. The van der Waals surface area contributed by atoms with Gasteiger partial charge in [0.25, 0.3) is 0 Å². The van der Waals surface area contributed by atoms with Crippen LogP contribution < -0.4 is 4.72 Å². The average Bonchev–Trinajstić information content (AvgIpc) is 2.68. The molecule has 0 spiro atoms. The van der Waals surface area contributed by atoms with Crippen LogP contribution in [0, 0.1) is 12.8 Å². The maximum Gasteiger partial charge on any atom is 0.371 e. The summed E-state index contributed by atoms with van der Waals surface area (Å²) in [5.41, 5.74) is -1.19. The molecule has 0 saturated heterocycles. The van der Waals surface area contributed by atoms with Crippen LogP contribution in [0.25, 0.3) is 0 Å². The van der Waals surface area contributed by atoms with Gasteiger partial charge in [0.05, 0.1) is 5.60 Å². The molecule has 1 heterocycles. The van der Waals surface area contributed by atoms with Crippen molar-refractivity contribution >= 4 is 16.0 Å². The first-order valence-electron chi connectivity index (χ1n) is 6.50. The minimum Gasteiger partial charge on any atom is -0.475 e. The van der Waals surface area contributed by atoms with E-state index in [9.17, 15) is 18.3 Å². The number of carboxylic acids is 1. The number of carbonyl (C=O) groups is 1. The molecule has 1 aromatic rings. The smallest absolute Gasteiger partial charge is 0.371 e. The van der Waals surface area contributed by atoms with Gasteiger partial charge in [-0.2, -0.15) is 0 Å². The van der Waals surface area contributed by atoms with Crippen molar-refractivity contribution in [2.24, 2.45) is 5.92 Å². The van der Waals surface area contributed by atoms with E-state index in [0.717, 1.165) is 6.07 Å². The van der Waals surface area contributed by atoms with Crippen molar-refractivity contribution in [2.75, 3.05) is 6.54 Å². The van der Waals surface area contributed by atoms with Crippen LogP contribution in [0.1, 0.15) is 43.5 Å². The molecular formula is C13H21NO6S. The number of carboxylic acid groups (broad SMARTS) is 1. The Bertz CT molecular complexity index is 615. The van der Waals surface area contributed by atoms with E-state index in [2.05, 4.69) is 4.72 Å². The van der Waals surface area contributed by atoms with E-state index in [0.29, 0.717) is 6.42 Å². The lowest BCUT2D eigenvalue weighted by Gasteiger charge is -2.25. The number of aromatic carboxylic acids is 1. The van der Waals surface area contributed by atoms with Gasteiger partial charge in [-0.3, -0.25) is 0 Å². The van der Waals surface area contributed by atoms with Crippen LogP contribution in [0.15, 0.2) is 15.4 Å². The first-order chi connectivity index (χ1) is 9.44. The fourth-order valence-corrected chi connectivity index (χ4v) is 3.46. The number of nitrogens with one attached hydrogen (secondary N) is 1. The average molecular weight is 319 g/mol. The van der Waals surface area contributed by atoms with Crippen molar-refractivity contribution in [3.8, 4) is 0 Å². The van der Waals surface area contributed by atoms with Crippen LogP contribution in [0.4, 0.5) is 0 Å². The van der Waals surface area contributed by atoms with E-state index in [1.165, 1.54) is 6.92 Å². The van der Waals surface area contributed by atoms with E-state index >= 15 is 0 Å². The molecule has 0 aromatic carbocycles. The van der Waals surface area contributed by atoms with Gasteiger partial charge in [-0.05, 0) is 26.2 Å². The minimum absolute atomic E-state index is 0.0107. The highest BCUT2D eigenvalue weighted by Crippen LogP contribution is 2.21. The first kappa shape index (κ1) is 17.7. The van der Waals surface area contributed by atoms with Crippen LogP contribution in [-0.2, 0) is 10.0 Å². The van der Waals surface area contributed by atoms with Crippen molar-refractivity contribution in [1.82, 2.24) is 4.72 Å². The molecule has 0 aliphatic heterocycles. The Hall–Kier alpha value is -1.38. The van der Waals surface area contributed by atoms with Gasteiger partial charge < -0.3 is 14.6 Å². The van der Waals surface area contributed by atoms with Gasteiger partial charge in [0.15, 0.2) is 0 Å². The molecular weight excluding hydrogens is 298 g/mol. The van der Waals surface area contributed by atoms with E-state index in [1.807, 2.05) is 13.8 Å². The zero-order valence-electron chi connectivity index (χ0n) is 12.5. The number of aryl methyl sites for hydroxylation is 1. The Morgan fingerprint density at radius 1 is 1.48 bits per heavy atom. The first-order valence-corrected chi connectivity index (χ1v) is 7.99. The van der Waals surface area contributed by atoms with E-state index in [-0.39, 0.29) is 23.1 Å². The Morgan fingerprint density at radius 2 is 2.05 bits per heavy atom. The largest absolute Gasteiger partial charge is 0.475 e. The van der Waals surface area contributed by atoms with E-state index in [4.69, 9.17) is 9.52 Å². The normalized spacial score (nSPS) is 15.1. The molecule has 1 rings (SSSR count). The van der Waals surface area contributed by atoms with E-state index in [1.54, 1.807) is 6.92 Å². The van der Waals surface area contributed by atoms with Crippen LogP contribution in [-0.4, -0.2) is 36.7 Å². The third-order valence-corrected chi connectivity index (χ3v) is 4.37. The summed E-state index contributed by atoms with van der Waals surface area (Å²) in [6, 6.07) is 0.956. The van der Waals surface area contributed by atoms with Gasteiger partial charge in [0, 0.05) is 12.6 Å². The SMILES string of the molecule is Cc1oc(C(=O)O)cc1S(=O)(=O)NCC(C)(O)CC(C)C. The van der Waals surface area contributed by atoms with Crippen molar-refractivity contribution in [1.29, 1.82) is 0 Å². The highest BCUT2D eigenvalue weighted by molar-refractivity contribution is 7.89. The molecule has 0 radical (unpaired) electrons. The van der Waals surface area contributed by atoms with Crippen LogP contribution in [0.5, 0.6) is 0 Å².